The van der Waals surface area contributed by atoms with Crippen LogP contribution in [0.15, 0.2) is 21.1 Å². The van der Waals surface area contributed by atoms with Crippen LogP contribution in [-0.4, -0.2) is 12.6 Å². The standard InChI is InChI=1S/C17H25Br2NO/c1-4-21-16-12(9-13(18)10-14(16)19)11-20-15-7-5-6-8-17(15,2)3/h9-10,15,20H,4-8,11H2,1-3H3. The Bertz CT molecular complexity index is 488. The maximum absolute atomic E-state index is 5.81. The van der Waals surface area contributed by atoms with Crippen molar-refractivity contribution < 1.29 is 4.74 Å². The normalized spacial score (nSPS) is 21.3. The van der Waals surface area contributed by atoms with Gasteiger partial charge < -0.3 is 10.1 Å². The minimum atomic E-state index is 0.382. The zero-order valence-corrected chi connectivity index (χ0v) is 16.3. The zero-order chi connectivity index (χ0) is 15.5. The second-order valence-electron chi connectivity index (χ2n) is 6.48. The molecule has 1 atom stereocenters. The number of rotatable bonds is 5. The summed E-state index contributed by atoms with van der Waals surface area (Å²) in [7, 11) is 0. The Morgan fingerprint density at radius 3 is 2.71 bits per heavy atom. The molecule has 0 amide bonds. The van der Waals surface area contributed by atoms with Gasteiger partial charge in [-0.15, -0.1) is 0 Å². The summed E-state index contributed by atoms with van der Waals surface area (Å²) in [5, 5.41) is 3.76. The van der Waals surface area contributed by atoms with Crippen LogP contribution in [0.3, 0.4) is 0 Å². The fraction of sp³-hybridized carbons (Fsp3) is 0.647. The van der Waals surface area contributed by atoms with Crippen molar-refractivity contribution in [1.29, 1.82) is 0 Å². The highest BCUT2D eigenvalue weighted by molar-refractivity contribution is 9.11. The molecule has 4 heteroatoms. The summed E-state index contributed by atoms with van der Waals surface area (Å²) in [6.45, 7) is 8.31. The van der Waals surface area contributed by atoms with E-state index in [-0.39, 0.29) is 0 Å². The zero-order valence-electron chi connectivity index (χ0n) is 13.1. The molecule has 1 unspecified atom stereocenters. The Morgan fingerprint density at radius 2 is 2.05 bits per heavy atom. The first-order chi connectivity index (χ1) is 9.94. The molecule has 1 aromatic carbocycles. The van der Waals surface area contributed by atoms with Gasteiger partial charge in [0.2, 0.25) is 0 Å². The van der Waals surface area contributed by atoms with E-state index in [2.05, 4.69) is 57.1 Å². The Kier molecular flexibility index (Phi) is 6.15. The van der Waals surface area contributed by atoms with Crippen LogP contribution in [0.2, 0.25) is 0 Å². The molecule has 1 aliphatic carbocycles. The SMILES string of the molecule is CCOc1c(Br)cc(Br)cc1CNC1CCCCC1(C)C. The molecule has 1 aliphatic rings. The average molecular weight is 419 g/mol. The minimum absolute atomic E-state index is 0.382. The van der Waals surface area contributed by atoms with E-state index >= 15 is 0 Å². The maximum Gasteiger partial charge on any atom is 0.138 e. The molecule has 0 aliphatic heterocycles. The fourth-order valence-corrected chi connectivity index (χ4v) is 4.58. The van der Waals surface area contributed by atoms with Crippen LogP contribution < -0.4 is 10.1 Å². The van der Waals surface area contributed by atoms with E-state index < -0.39 is 0 Å². The highest BCUT2D eigenvalue weighted by Gasteiger charge is 2.31. The third kappa shape index (κ3) is 4.46. The molecular formula is C17H25Br2NO. The predicted octanol–water partition coefficient (Wildman–Crippen LogP) is 5.67. The second-order valence-corrected chi connectivity index (χ2v) is 8.25. The third-order valence-corrected chi connectivity index (χ3v) is 5.47. The van der Waals surface area contributed by atoms with Crippen LogP contribution >= 0.6 is 31.9 Å². The maximum atomic E-state index is 5.81. The summed E-state index contributed by atoms with van der Waals surface area (Å²) in [6, 6.07) is 4.77. The van der Waals surface area contributed by atoms with Crippen molar-refractivity contribution in [2.24, 2.45) is 5.41 Å². The van der Waals surface area contributed by atoms with Gasteiger partial charge in [-0.3, -0.25) is 0 Å². The second kappa shape index (κ2) is 7.47. The number of hydrogen-bond donors (Lipinski definition) is 1. The van der Waals surface area contributed by atoms with E-state index in [9.17, 15) is 0 Å². The number of nitrogens with one attached hydrogen (secondary N) is 1. The van der Waals surface area contributed by atoms with Crippen LogP contribution in [0.1, 0.15) is 52.0 Å². The lowest BCUT2D eigenvalue weighted by molar-refractivity contribution is 0.166. The van der Waals surface area contributed by atoms with E-state index in [0.29, 0.717) is 18.1 Å². The molecule has 0 bridgehead atoms. The highest BCUT2D eigenvalue weighted by atomic mass is 79.9. The molecule has 0 aromatic heterocycles. The fourth-order valence-electron chi connectivity index (χ4n) is 3.16. The highest BCUT2D eigenvalue weighted by Crippen LogP contribution is 2.37. The molecule has 1 fully saturated rings. The monoisotopic (exact) mass is 417 g/mol. The van der Waals surface area contributed by atoms with Crippen molar-refractivity contribution in [2.75, 3.05) is 6.61 Å². The molecule has 1 aromatic rings. The van der Waals surface area contributed by atoms with Crippen molar-refractivity contribution in [2.45, 2.75) is 59.0 Å². The van der Waals surface area contributed by atoms with Gasteiger partial charge in [-0.05, 0) is 53.2 Å². The van der Waals surface area contributed by atoms with E-state index in [1.807, 2.05) is 13.0 Å². The summed E-state index contributed by atoms with van der Waals surface area (Å²) >= 11 is 7.18. The van der Waals surface area contributed by atoms with E-state index in [1.165, 1.54) is 31.2 Å². The average Bonchev–Trinajstić information content (AvgIpc) is 2.40. The van der Waals surface area contributed by atoms with Crippen LogP contribution in [0.5, 0.6) is 5.75 Å². The van der Waals surface area contributed by atoms with Crippen LogP contribution in [0.4, 0.5) is 0 Å². The van der Waals surface area contributed by atoms with Crippen LogP contribution in [-0.2, 0) is 6.54 Å². The largest absolute Gasteiger partial charge is 0.492 e. The Morgan fingerprint density at radius 1 is 1.29 bits per heavy atom. The predicted molar refractivity (Wildman–Crippen MR) is 95.9 cm³/mol. The molecule has 1 saturated carbocycles. The summed E-state index contributed by atoms with van der Waals surface area (Å²) in [4.78, 5) is 0. The van der Waals surface area contributed by atoms with Gasteiger partial charge in [-0.1, -0.05) is 42.6 Å². The van der Waals surface area contributed by atoms with Crippen molar-refractivity contribution >= 4 is 31.9 Å². The van der Waals surface area contributed by atoms with Gasteiger partial charge in [0, 0.05) is 22.6 Å². The van der Waals surface area contributed by atoms with Crippen LogP contribution in [0.25, 0.3) is 0 Å². The van der Waals surface area contributed by atoms with E-state index in [4.69, 9.17) is 4.74 Å². The lowest BCUT2D eigenvalue weighted by atomic mass is 9.73. The molecule has 0 spiro atoms. The first-order valence-corrected chi connectivity index (χ1v) is 9.36. The minimum Gasteiger partial charge on any atom is -0.492 e. The van der Waals surface area contributed by atoms with Gasteiger partial charge in [-0.25, -0.2) is 0 Å². The van der Waals surface area contributed by atoms with Gasteiger partial charge >= 0.3 is 0 Å². The summed E-state index contributed by atoms with van der Waals surface area (Å²) in [5.41, 5.74) is 1.59. The summed E-state index contributed by atoms with van der Waals surface area (Å²) < 4.78 is 7.90. The molecule has 1 N–H and O–H groups in total. The van der Waals surface area contributed by atoms with Gasteiger partial charge in [-0.2, -0.15) is 0 Å². The van der Waals surface area contributed by atoms with E-state index in [0.717, 1.165) is 21.2 Å². The smallest absolute Gasteiger partial charge is 0.138 e. The lowest BCUT2D eigenvalue weighted by Gasteiger charge is -2.39. The number of halogens is 2. The molecule has 2 nitrogen and oxygen atoms in total. The van der Waals surface area contributed by atoms with Crippen LogP contribution in [0, 0.1) is 5.41 Å². The van der Waals surface area contributed by atoms with Crippen molar-refractivity contribution in [3.05, 3.63) is 26.6 Å². The van der Waals surface area contributed by atoms with Gasteiger partial charge in [0.15, 0.2) is 0 Å². The number of ether oxygens (including phenoxy) is 1. The quantitative estimate of drug-likeness (QED) is 0.665. The molecule has 0 radical (unpaired) electrons. The first-order valence-electron chi connectivity index (χ1n) is 7.78. The summed E-state index contributed by atoms with van der Waals surface area (Å²) in [5.74, 6) is 0.960. The van der Waals surface area contributed by atoms with E-state index in [1.54, 1.807) is 0 Å². The molecular weight excluding hydrogens is 394 g/mol. The number of benzene rings is 1. The Hall–Kier alpha value is -0.0600. The molecule has 21 heavy (non-hydrogen) atoms. The van der Waals surface area contributed by atoms with Crippen molar-refractivity contribution in [3.8, 4) is 5.75 Å². The lowest BCUT2D eigenvalue weighted by Crippen LogP contribution is -2.43. The van der Waals surface area contributed by atoms with Crippen molar-refractivity contribution in [3.63, 3.8) is 0 Å². The van der Waals surface area contributed by atoms with Gasteiger partial charge in [0.05, 0.1) is 11.1 Å². The molecule has 118 valence electrons. The number of hydrogen-bond acceptors (Lipinski definition) is 2. The topological polar surface area (TPSA) is 21.3 Å². The Labute approximate surface area is 145 Å². The van der Waals surface area contributed by atoms with Gasteiger partial charge in [0.1, 0.15) is 5.75 Å². The van der Waals surface area contributed by atoms with Crippen molar-refractivity contribution in [1.82, 2.24) is 5.32 Å². The Balaban J connectivity index is 2.12. The molecule has 2 rings (SSSR count). The third-order valence-electron chi connectivity index (χ3n) is 4.42. The first kappa shape index (κ1) is 17.3. The summed E-state index contributed by atoms with van der Waals surface area (Å²) in [6.07, 6.45) is 5.27. The van der Waals surface area contributed by atoms with Gasteiger partial charge in [0.25, 0.3) is 0 Å². The molecule has 0 saturated heterocycles. The molecule has 0 heterocycles.